The molecule has 0 radical (unpaired) electrons. The molecule has 0 aliphatic carbocycles. The number of hydrogen-bond acceptors (Lipinski definition) is 3. The van der Waals surface area contributed by atoms with Crippen molar-refractivity contribution in [3.8, 4) is 6.07 Å². The average molecular weight is 280 g/mol. The zero-order valence-corrected chi connectivity index (χ0v) is 9.00. The third-order valence-electron chi connectivity index (χ3n) is 2.08. The van der Waals surface area contributed by atoms with Gasteiger partial charge < -0.3 is 5.11 Å². The average Bonchev–Trinajstić information content (AvgIpc) is 2.26. The van der Waals surface area contributed by atoms with E-state index in [2.05, 4.69) is 4.98 Å². The lowest BCUT2D eigenvalue weighted by Crippen LogP contribution is -2.15. The van der Waals surface area contributed by atoms with E-state index in [0.29, 0.717) is 0 Å². The standard InChI is InChI=1S/C10H5F5N2O2/c11-9(12)8-5(10(13,14)15)1-4(3-16)6(17-8)2-7(18)19/h1,9H,2H2,(H,18,19). The van der Waals surface area contributed by atoms with Crippen LogP contribution >= 0.6 is 0 Å². The Morgan fingerprint density at radius 2 is 2.05 bits per heavy atom. The van der Waals surface area contributed by atoms with Crippen molar-refractivity contribution in [2.45, 2.75) is 19.0 Å². The van der Waals surface area contributed by atoms with Gasteiger partial charge in [0, 0.05) is 0 Å². The number of pyridine rings is 1. The van der Waals surface area contributed by atoms with Gasteiger partial charge in [-0.1, -0.05) is 0 Å². The summed E-state index contributed by atoms with van der Waals surface area (Å²) in [5.74, 6) is -1.50. The highest BCUT2D eigenvalue weighted by molar-refractivity contribution is 5.70. The Hall–Kier alpha value is -2.24. The molecule has 0 aliphatic heterocycles. The second kappa shape index (κ2) is 5.17. The topological polar surface area (TPSA) is 74.0 Å². The third kappa shape index (κ3) is 3.37. The van der Waals surface area contributed by atoms with Crippen LogP contribution in [0.4, 0.5) is 22.0 Å². The fraction of sp³-hybridized carbons (Fsp3) is 0.300. The Morgan fingerprint density at radius 1 is 1.47 bits per heavy atom. The first-order valence-electron chi connectivity index (χ1n) is 4.68. The summed E-state index contributed by atoms with van der Waals surface area (Å²) in [5, 5.41) is 17.1. The van der Waals surface area contributed by atoms with E-state index >= 15 is 0 Å². The van der Waals surface area contributed by atoms with Gasteiger partial charge in [-0.2, -0.15) is 18.4 Å². The molecule has 1 rings (SSSR count). The highest BCUT2D eigenvalue weighted by Crippen LogP contribution is 2.36. The quantitative estimate of drug-likeness (QED) is 0.863. The van der Waals surface area contributed by atoms with Crippen LogP contribution in [0.1, 0.15) is 28.9 Å². The third-order valence-corrected chi connectivity index (χ3v) is 2.08. The SMILES string of the molecule is N#Cc1cc(C(F)(F)F)c(C(F)F)nc1CC(=O)O. The van der Waals surface area contributed by atoms with Gasteiger partial charge in [0.15, 0.2) is 0 Å². The van der Waals surface area contributed by atoms with Crippen molar-refractivity contribution in [2.24, 2.45) is 0 Å². The number of aliphatic carboxylic acids is 1. The maximum atomic E-state index is 12.5. The highest BCUT2D eigenvalue weighted by Gasteiger charge is 2.38. The van der Waals surface area contributed by atoms with Gasteiger partial charge in [-0.3, -0.25) is 4.79 Å². The van der Waals surface area contributed by atoms with Crippen molar-refractivity contribution in [3.05, 3.63) is 28.6 Å². The molecule has 1 aromatic rings. The van der Waals surface area contributed by atoms with Gasteiger partial charge in [0.25, 0.3) is 6.43 Å². The molecule has 102 valence electrons. The molecule has 0 unspecified atom stereocenters. The van der Waals surface area contributed by atoms with E-state index in [4.69, 9.17) is 10.4 Å². The van der Waals surface area contributed by atoms with E-state index in [1.165, 1.54) is 6.07 Å². The molecule has 0 aliphatic rings. The Bertz CT molecular complexity index is 548. The number of rotatable bonds is 3. The van der Waals surface area contributed by atoms with Gasteiger partial charge in [-0.25, -0.2) is 13.8 Å². The van der Waals surface area contributed by atoms with Gasteiger partial charge in [-0.15, -0.1) is 0 Å². The van der Waals surface area contributed by atoms with Gasteiger partial charge in [0.2, 0.25) is 0 Å². The Morgan fingerprint density at radius 3 is 2.42 bits per heavy atom. The van der Waals surface area contributed by atoms with E-state index in [1.807, 2.05) is 0 Å². The van der Waals surface area contributed by atoms with Gasteiger partial charge in [0.1, 0.15) is 11.8 Å². The van der Waals surface area contributed by atoms with Crippen LogP contribution in [-0.2, 0) is 17.4 Å². The van der Waals surface area contributed by atoms with Crippen molar-refractivity contribution >= 4 is 5.97 Å². The summed E-state index contributed by atoms with van der Waals surface area (Å²) >= 11 is 0. The number of carbonyl (C=O) groups is 1. The first-order valence-corrected chi connectivity index (χ1v) is 4.68. The lowest BCUT2D eigenvalue weighted by atomic mass is 10.1. The van der Waals surface area contributed by atoms with Crippen LogP contribution in [0.3, 0.4) is 0 Å². The summed E-state index contributed by atoms with van der Waals surface area (Å²) in [6.45, 7) is 0. The van der Waals surface area contributed by atoms with Crippen LogP contribution in [0, 0.1) is 11.3 Å². The summed E-state index contributed by atoms with van der Waals surface area (Å²) in [6.07, 6.45) is -9.55. The molecule has 0 bridgehead atoms. The van der Waals surface area contributed by atoms with Crippen molar-refractivity contribution in [1.29, 1.82) is 5.26 Å². The molecule has 0 spiro atoms. The van der Waals surface area contributed by atoms with E-state index in [9.17, 15) is 26.7 Å². The number of carboxylic acids is 1. The van der Waals surface area contributed by atoms with Gasteiger partial charge >= 0.3 is 12.1 Å². The minimum absolute atomic E-state index is 0.187. The van der Waals surface area contributed by atoms with Crippen molar-refractivity contribution in [1.82, 2.24) is 4.98 Å². The number of halogens is 5. The lowest BCUT2D eigenvalue weighted by Gasteiger charge is -2.13. The number of alkyl halides is 5. The molecule has 9 heteroatoms. The van der Waals surface area contributed by atoms with Crippen LogP contribution in [-0.4, -0.2) is 16.1 Å². The number of aromatic nitrogens is 1. The molecule has 0 saturated heterocycles. The molecular formula is C10H5F5N2O2. The van der Waals surface area contributed by atoms with E-state index < -0.39 is 47.5 Å². The van der Waals surface area contributed by atoms with E-state index in [1.54, 1.807) is 0 Å². The van der Waals surface area contributed by atoms with Crippen molar-refractivity contribution in [3.63, 3.8) is 0 Å². The largest absolute Gasteiger partial charge is 0.481 e. The molecule has 0 aromatic carbocycles. The van der Waals surface area contributed by atoms with Crippen molar-refractivity contribution in [2.75, 3.05) is 0 Å². The number of nitrogens with zero attached hydrogens (tertiary/aromatic N) is 2. The Balaban J connectivity index is 3.52. The molecule has 1 N–H and O–H groups in total. The summed E-state index contributed by atoms with van der Waals surface area (Å²) < 4.78 is 62.6. The molecule has 0 atom stereocenters. The highest BCUT2D eigenvalue weighted by atomic mass is 19.4. The molecule has 0 saturated carbocycles. The minimum Gasteiger partial charge on any atom is -0.481 e. The first kappa shape index (κ1) is 14.8. The zero-order valence-electron chi connectivity index (χ0n) is 9.00. The summed E-state index contributed by atoms with van der Waals surface area (Å²) in [6, 6.07) is 1.50. The summed E-state index contributed by atoms with van der Waals surface area (Å²) in [5.41, 5.74) is -4.65. The van der Waals surface area contributed by atoms with Crippen molar-refractivity contribution < 1.29 is 31.9 Å². The molecule has 4 nitrogen and oxygen atoms in total. The fourth-order valence-electron chi connectivity index (χ4n) is 1.34. The first-order chi connectivity index (χ1) is 8.66. The number of carboxylic acid groups (broad SMARTS) is 1. The molecule has 0 amide bonds. The maximum absolute atomic E-state index is 12.5. The second-order valence-electron chi connectivity index (χ2n) is 3.40. The van der Waals surface area contributed by atoms with Crippen LogP contribution < -0.4 is 0 Å². The minimum atomic E-state index is -5.11. The molecular weight excluding hydrogens is 275 g/mol. The second-order valence-corrected chi connectivity index (χ2v) is 3.40. The fourth-order valence-corrected chi connectivity index (χ4v) is 1.34. The smallest absolute Gasteiger partial charge is 0.418 e. The molecule has 1 heterocycles. The molecule has 19 heavy (non-hydrogen) atoms. The predicted molar refractivity (Wildman–Crippen MR) is 50.3 cm³/mol. The number of hydrogen-bond donors (Lipinski definition) is 1. The molecule has 1 aromatic heterocycles. The van der Waals surface area contributed by atoms with Crippen LogP contribution in [0.25, 0.3) is 0 Å². The van der Waals surface area contributed by atoms with E-state index in [0.717, 1.165) is 0 Å². The Labute approximate surface area is 103 Å². The van der Waals surface area contributed by atoms with Gasteiger partial charge in [-0.05, 0) is 6.07 Å². The Kier molecular flexibility index (Phi) is 4.04. The summed E-state index contributed by atoms with van der Waals surface area (Å²) in [4.78, 5) is 13.4. The lowest BCUT2D eigenvalue weighted by molar-refractivity contribution is -0.140. The van der Waals surface area contributed by atoms with Crippen LogP contribution in [0.2, 0.25) is 0 Å². The van der Waals surface area contributed by atoms with Gasteiger partial charge in [0.05, 0.1) is 23.2 Å². The normalized spacial score (nSPS) is 11.4. The summed E-state index contributed by atoms with van der Waals surface area (Å²) in [7, 11) is 0. The zero-order chi connectivity index (χ0) is 14.8. The van der Waals surface area contributed by atoms with E-state index in [-0.39, 0.29) is 6.07 Å². The number of nitriles is 1. The van der Waals surface area contributed by atoms with Crippen LogP contribution in [0.15, 0.2) is 6.07 Å². The van der Waals surface area contributed by atoms with Crippen LogP contribution in [0.5, 0.6) is 0 Å². The molecule has 0 fully saturated rings. The predicted octanol–water partition coefficient (Wildman–Crippen LogP) is 2.54. The maximum Gasteiger partial charge on any atom is 0.418 e. The monoisotopic (exact) mass is 280 g/mol.